The van der Waals surface area contributed by atoms with Crippen molar-refractivity contribution in [3.8, 4) is 21.8 Å². The van der Waals surface area contributed by atoms with Gasteiger partial charge in [-0.15, -0.1) is 11.3 Å². The molecule has 0 atom stereocenters. The molecule has 11 nitrogen and oxygen atoms in total. The van der Waals surface area contributed by atoms with Gasteiger partial charge in [0.1, 0.15) is 5.69 Å². The molecule has 2 aliphatic carbocycles. The third kappa shape index (κ3) is 4.81. The first-order valence-electron chi connectivity index (χ1n) is 13.8. The predicted molar refractivity (Wildman–Crippen MR) is 150 cm³/mol. The Bertz CT molecular complexity index is 1460. The number of hydrogen-bond donors (Lipinski definition) is 3. The van der Waals surface area contributed by atoms with Crippen molar-refractivity contribution < 1.29 is 19.1 Å². The molecule has 3 N–H and O–H groups in total. The number of piperazine rings is 1. The van der Waals surface area contributed by atoms with Crippen LogP contribution in [0.15, 0.2) is 30.3 Å². The minimum absolute atomic E-state index is 0.0295. The number of nitrogens with zero attached hydrogens (tertiary/aromatic N) is 4. The summed E-state index contributed by atoms with van der Waals surface area (Å²) in [5, 5.41) is 12.1. The van der Waals surface area contributed by atoms with E-state index >= 15 is 0 Å². The standard InChI is InChI=1S/C28H31N7O4S/c36-26-22-18(2-1-3-19(22)29-28(38)32-35-12-14-39-15-13-35)24-23(26)25(31-30-24)20-6-7-21(40-20)27(37)34-10-8-33(9-11-34)16-17-4-5-17/h1-3,6-7,17H,4-5,8-16H2,(H,30,31)(H2,29,32,38). The van der Waals surface area contributed by atoms with E-state index in [-0.39, 0.29) is 11.7 Å². The number of ether oxygens (including phenoxy) is 1. The van der Waals surface area contributed by atoms with E-state index in [0.29, 0.717) is 64.9 Å². The number of H-pyrrole nitrogens is 1. The van der Waals surface area contributed by atoms with Crippen molar-refractivity contribution in [2.75, 3.05) is 64.3 Å². The van der Waals surface area contributed by atoms with Crippen molar-refractivity contribution in [3.05, 3.63) is 46.3 Å². The minimum atomic E-state index is -0.410. The number of fused-ring (bicyclic) bond motifs is 3. The number of urea groups is 1. The van der Waals surface area contributed by atoms with Gasteiger partial charge in [0, 0.05) is 51.4 Å². The summed E-state index contributed by atoms with van der Waals surface area (Å²) in [6.45, 7) is 6.76. The Balaban J connectivity index is 1.06. The smallest absolute Gasteiger partial charge is 0.333 e. The average molecular weight is 562 g/mol. The van der Waals surface area contributed by atoms with Crippen LogP contribution in [0.25, 0.3) is 21.8 Å². The van der Waals surface area contributed by atoms with Gasteiger partial charge in [-0.05, 0) is 37.0 Å². The molecule has 3 amide bonds. The van der Waals surface area contributed by atoms with Gasteiger partial charge in [-0.2, -0.15) is 5.10 Å². The van der Waals surface area contributed by atoms with Gasteiger partial charge in [0.15, 0.2) is 5.78 Å². The maximum atomic E-state index is 13.7. The van der Waals surface area contributed by atoms with Crippen molar-refractivity contribution in [1.29, 1.82) is 0 Å². The number of amides is 3. The number of aromatic nitrogens is 2. The SMILES string of the molecule is O=C(Nc1cccc2c1C(=O)c1c(-c3ccc(C(=O)N4CCN(CC5CC5)CC4)s3)n[nH]c1-2)NN1CCOCC1. The molecule has 2 saturated heterocycles. The molecule has 4 aliphatic rings. The van der Waals surface area contributed by atoms with Crippen molar-refractivity contribution in [1.82, 2.24) is 30.4 Å². The van der Waals surface area contributed by atoms with E-state index in [1.54, 1.807) is 17.1 Å². The maximum Gasteiger partial charge on any atom is 0.333 e. The number of carbonyl (C=O) groups excluding carboxylic acids is 3. The minimum Gasteiger partial charge on any atom is -0.379 e. The molecule has 12 heteroatoms. The van der Waals surface area contributed by atoms with E-state index in [1.807, 2.05) is 23.1 Å². The molecule has 1 aromatic carbocycles. The van der Waals surface area contributed by atoms with E-state index in [2.05, 4.69) is 25.8 Å². The van der Waals surface area contributed by atoms with Crippen LogP contribution in [0.3, 0.4) is 0 Å². The molecule has 1 saturated carbocycles. The molecule has 0 unspecified atom stereocenters. The summed E-state index contributed by atoms with van der Waals surface area (Å²) in [5.74, 6) is 0.677. The number of carbonyl (C=O) groups is 3. The largest absolute Gasteiger partial charge is 0.379 e. The highest BCUT2D eigenvalue weighted by molar-refractivity contribution is 7.17. The fraction of sp³-hybridized carbons (Fsp3) is 0.429. The number of hydrazine groups is 1. The summed E-state index contributed by atoms with van der Waals surface area (Å²) < 4.78 is 5.32. The Hall–Kier alpha value is -3.58. The van der Waals surface area contributed by atoms with E-state index in [4.69, 9.17) is 4.74 Å². The first kappa shape index (κ1) is 25.4. The van der Waals surface area contributed by atoms with Gasteiger partial charge >= 0.3 is 6.03 Å². The lowest BCUT2D eigenvalue weighted by atomic mass is 10.1. The van der Waals surface area contributed by atoms with E-state index in [0.717, 1.165) is 43.5 Å². The third-order valence-corrected chi connectivity index (χ3v) is 9.08. The fourth-order valence-corrected chi connectivity index (χ4v) is 6.64. The number of morpholine rings is 1. The number of rotatable bonds is 6. The van der Waals surface area contributed by atoms with Gasteiger partial charge in [0.05, 0.1) is 45.5 Å². The first-order valence-corrected chi connectivity index (χ1v) is 14.7. The summed E-state index contributed by atoms with van der Waals surface area (Å²) in [6, 6.07) is 8.66. The second-order valence-electron chi connectivity index (χ2n) is 10.7. The van der Waals surface area contributed by atoms with Crippen LogP contribution in [0.5, 0.6) is 0 Å². The van der Waals surface area contributed by atoms with Crippen molar-refractivity contribution in [2.24, 2.45) is 5.92 Å². The summed E-state index contributed by atoms with van der Waals surface area (Å²) in [5.41, 5.74) is 5.99. The molecule has 0 bridgehead atoms. The third-order valence-electron chi connectivity index (χ3n) is 8.00. The molecular weight excluding hydrogens is 530 g/mol. The Morgan fingerprint density at radius 1 is 1.02 bits per heavy atom. The fourth-order valence-electron chi connectivity index (χ4n) is 5.67. The molecule has 0 radical (unpaired) electrons. The topological polar surface area (TPSA) is 123 Å². The number of aromatic amines is 1. The molecule has 4 heterocycles. The normalized spacial score (nSPS) is 19.4. The van der Waals surface area contributed by atoms with E-state index in [1.165, 1.54) is 24.2 Å². The molecule has 2 aromatic heterocycles. The molecule has 3 aromatic rings. The van der Waals surface area contributed by atoms with Crippen LogP contribution in [0.4, 0.5) is 10.5 Å². The molecule has 0 spiro atoms. The second-order valence-corrected chi connectivity index (χ2v) is 11.8. The summed E-state index contributed by atoms with van der Waals surface area (Å²) in [4.78, 5) is 45.4. The molecule has 3 fully saturated rings. The van der Waals surface area contributed by atoms with Gasteiger partial charge in [-0.3, -0.25) is 25.0 Å². The lowest BCUT2D eigenvalue weighted by molar-refractivity contribution is 0.0207. The zero-order valence-corrected chi connectivity index (χ0v) is 22.9. The first-order chi connectivity index (χ1) is 19.5. The van der Waals surface area contributed by atoms with Crippen LogP contribution in [-0.2, 0) is 4.74 Å². The van der Waals surface area contributed by atoms with Crippen molar-refractivity contribution >= 4 is 34.7 Å². The van der Waals surface area contributed by atoms with Gasteiger partial charge in [0.25, 0.3) is 5.91 Å². The lowest BCUT2D eigenvalue weighted by Gasteiger charge is -2.34. The molecule has 208 valence electrons. The van der Waals surface area contributed by atoms with E-state index < -0.39 is 6.03 Å². The van der Waals surface area contributed by atoms with Crippen molar-refractivity contribution in [3.63, 3.8) is 0 Å². The molecule has 2 aliphatic heterocycles. The van der Waals surface area contributed by atoms with Crippen LogP contribution in [0, 0.1) is 5.92 Å². The number of nitrogens with one attached hydrogen (secondary N) is 3. The van der Waals surface area contributed by atoms with Crippen LogP contribution in [0.2, 0.25) is 0 Å². The summed E-state index contributed by atoms with van der Waals surface area (Å²) in [7, 11) is 0. The van der Waals surface area contributed by atoms with Crippen LogP contribution < -0.4 is 10.7 Å². The Kier molecular flexibility index (Phi) is 6.62. The Labute approximate surface area is 235 Å². The van der Waals surface area contributed by atoms with Crippen molar-refractivity contribution in [2.45, 2.75) is 12.8 Å². The Morgan fingerprint density at radius 3 is 2.60 bits per heavy atom. The quantitative estimate of drug-likeness (QED) is 0.331. The number of hydrogen-bond acceptors (Lipinski definition) is 8. The molecule has 7 rings (SSSR count). The van der Waals surface area contributed by atoms with Crippen LogP contribution in [0.1, 0.15) is 38.4 Å². The predicted octanol–water partition coefficient (Wildman–Crippen LogP) is 2.89. The molecule has 40 heavy (non-hydrogen) atoms. The van der Waals surface area contributed by atoms with Crippen LogP contribution in [-0.4, -0.2) is 102 Å². The van der Waals surface area contributed by atoms with Crippen LogP contribution >= 0.6 is 11.3 Å². The highest BCUT2D eigenvalue weighted by Crippen LogP contribution is 2.44. The van der Waals surface area contributed by atoms with Gasteiger partial charge in [-0.25, -0.2) is 9.80 Å². The monoisotopic (exact) mass is 561 g/mol. The number of thiophene rings is 1. The number of anilines is 1. The summed E-state index contributed by atoms with van der Waals surface area (Å²) in [6.07, 6.45) is 2.67. The number of ketones is 1. The lowest BCUT2D eigenvalue weighted by Crippen LogP contribution is -2.49. The summed E-state index contributed by atoms with van der Waals surface area (Å²) >= 11 is 1.36. The van der Waals surface area contributed by atoms with Gasteiger partial charge < -0.3 is 15.0 Å². The average Bonchev–Trinajstić information content (AvgIpc) is 3.36. The maximum absolute atomic E-state index is 13.7. The van der Waals surface area contributed by atoms with Gasteiger partial charge in [0.2, 0.25) is 0 Å². The zero-order valence-electron chi connectivity index (χ0n) is 22.1. The van der Waals surface area contributed by atoms with Gasteiger partial charge in [-0.1, -0.05) is 12.1 Å². The second kappa shape index (κ2) is 10.4. The highest BCUT2D eigenvalue weighted by atomic mass is 32.1. The zero-order chi connectivity index (χ0) is 27.2. The van der Waals surface area contributed by atoms with E-state index in [9.17, 15) is 14.4 Å². The molecular formula is C28H31N7O4S. The Morgan fingerprint density at radius 2 is 1.82 bits per heavy atom. The highest BCUT2D eigenvalue weighted by Gasteiger charge is 2.36. The number of benzene rings is 1.